The molecule has 0 aliphatic heterocycles. The van der Waals surface area contributed by atoms with Gasteiger partial charge in [0, 0.05) is 12.6 Å². The maximum atomic E-state index is 11.4. The second-order valence-corrected chi connectivity index (χ2v) is 5.63. The van der Waals surface area contributed by atoms with Crippen molar-refractivity contribution in [2.75, 3.05) is 20.6 Å². The maximum absolute atomic E-state index is 11.4. The Bertz CT molecular complexity index is 305. The molecule has 0 saturated heterocycles. The highest BCUT2D eigenvalue weighted by molar-refractivity contribution is 7.90. The van der Waals surface area contributed by atoms with Gasteiger partial charge in [-0.1, -0.05) is 0 Å². The summed E-state index contributed by atoms with van der Waals surface area (Å²) in [4.78, 5) is 1.88. The van der Waals surface area contributed by atoms with Crippen molar-refractivity contribution in [1.29, 1.82) is 5.26 Å². The minimum atomic E-state index is -3.49. The summed E-state index contributed by atoms with van der Waals surface area (Å²) in [5, 5.41) is 7.48. The third kappa shape index (κ3) is 4.56. The normalized spacial score (nSPS) is 16.3. The van der Waals surface area contributed by atoms with E-state index < -0.39 is 15.3 Å². The second-order valence-electron chi connectivity index (χ2n) is 3.60. The molecular formula is C8H17N3O2S. The van der Waals surface area contributed by atoms with E-state index in [-0.39, 0.29) is 6.04 Å². The monoisotopic (exact) mass is 219 g/mol. The lowest BCUT2D eigenvalue weighted by Crippen LogP contribution is -2.42. The Labute approximate surface area is 85.8 Å². The van der Waals surface area contributed by atoms with E-state index in [9.17, 15) is 8.42 Å². The van der Waals surface area contributed by atoms with Gasteiger partial charge >= 0.3 is 0 Å². The molecule has 0 radical (unpaired) electrons. The molecular weight excluding hydrogens is 202 g/mol. The van der Waals surface area contributed by atoms with Crippen LogP contribution in [0.5, 0.6) is 0 Å². The van der Waals surface area contributed by atoms with E-state index in [4.69, 9.17) is 5.26 Å². The van der Waals surface area contributed by atoms with Gasteiger partial charge in [-0.3, -0.25) is 0 Å². The average molecular weight is 219 g/mol. The first-order valence-corrected chi connectivity index (χ1v) is 5.89. The minimum absolute atomic E-state index is 0.189. The number of nitrogens with zero attached hydrogens (tertiary/aromatic N) is 2. The summed E-state index contributed by atoms with van der Waals surface area (Å²) in [7, 11) is 0.226. The van der Waals surface area contributed by atoms with E-state index in [1.54, 1.807) is 13.0 Å². The molecule has 0 aromatic carbocycles. The third-order valence-electron chi connectivity index (χ3n) is 1.65. The van der Waals surface area contributed by atoms with Crippen molar-refractivity contribution in [1.82, 2.24) is 9.62 Å². The lowest BCUT2D eigenvalue weighted by atomic mass is 10.3. The Hall–Kier alpha value is -0.640. The summed E-state index contributed by atoms with van der Waals surface area (Å²) in [6, 6.07) is 1.51. The number of rotatable bonds is 5. The van der Waals surface area contributed by atoms with Gasteiger partial charge in [-0.15, -0.1) is 0 Å². The SMILES string of the molecule is CC(CN(C)C)NS(=O)(=O)C(C)C#N. The number of hydrogen-bond donors (Lipinski definition) is 1. The Morgan fingerprint density at radius 1 is 1.43 bits per heavy atom. The van der Waals surface area contributed by atoms with Gasteiger partial charge in [-0.25, -0.2) is 13.1 Å². The summed E-state index contributed by atoms with van der Waals surface area (Å²) in [6.07, 6.45) is 0. The predicted molar refractivity (Wildman–Crippen MR) is 55.1 cm³/mol. The summed E-state index contributed by atoms with van der Waals surface area (Å²) >= 11 is 0. The van der Waals surface area contributed by atoms with Gasteiger partial charge in [0.15, 0.2) is 5.25 Å². The Morgan fingerprint density at radius 3 is 2.29 bits per heavy atom. The average Bonchev–Trinajstić information content (AvgIpc) is 1.99. The zero-order chi connectivity index (χ0) is 11.4. The first-order valence-electron chi connectivity index (χ1n) is 4.35. The number of sulfonamides is 1. The quantitative estimate of drug-likeness (QED) is 0.693. The molecule has 0 aliphatic carbocycles. The van der Waals surface area contributed by atoms with Crippen molar-refractivity contribution < 1.29 is 8.42 Å². The molecule has 2 unspecified atom stereocenters. The van der Waals surface area contributed by atoms with Gasteiger partial charge in [0.05, 0.1) is 6.07 Å². The summed E-state index contributed by atoms with van der Waals surface area (Å²) < 4.78 is 25.2. The molecule has 1 N–H and O–H groups in total. The van der Waals surface area contributed by atoms with E-state index in [2.05, 4.69) is 4.72 Å². The molecule has 0 fully saturated rings. The standard InChI is InChI=1S/C8H17N3O2S/c1-7(6-11(3)4)10-14(12,13)8(2)5-9/h7-8,10H,6H2,1-4H3. The lowest BCUT2D eigenvalue weighted by Gasteiger charge is -2.18. The molecule has 5 nitrogen and oxygen atoms in total. The highest BCUT2D eigenvalue weighted by Crippen LogP contribution is 1.98. The van der Waals surface area contributed by atoms with Crippen molar-refractivity contribution in [2.24, 2.45) is 0 Å². The first kappa shape index (κ1) is 13.4. The van der Waals surface area contributed by atoms with E-state index in [0.29, 0.717) is 6.54 Å². The molecule has 0 rings (SSSR count). The van der Waals surface area contributed by atoms with Crippen LogP contribution in [0.3, 0.4) is 0 Å². The minimum Gasteiger partial charge on any atom is -0.308 e. The van der Waals surface area contributed by atoms with Crippen LogP contribution in [0.15, 0.2) is 0 Å². The molecule has 14 heavy (non-hydrogen) atoms. The van der Waals surface area contributed by atoms with Crippen LogP contribution in [-0.2, 0) is 10.0 Å². The van der Waals surface area contributed by atoms with Crippen LogP contribution in [0.2, 0.25) is 0 Å². The maximum Gasteiger partial charge on any atom is 0.227 e. The molecule has 0 amide bonds. The number of hydrogen-bond acceptors (Lipinski definition) is 4. The summed E-state index contributed by atoms with van der Waals surface area (Å²) in [5.41, 5.74) is 0. The highest BCUT2D eigenvalue weighted by atomic mass is 32.2. The Balaban J connectivity index is 4.32. The molecule has 0 aromatic rings. The Morgan fingerprint density at radius 2 is 1.93 bits per heavy atom. The molecule has 0 spiro atoms. The van der Waals surface area contributed by atoms with E-state index in [1.165, 1.54) is 6.92 Å². The molecule has 0 heterocycles. The van der Waals surface area contributed by atoms with Gasteiger partial charge in [-0.05, 0) is 27.9 Å². The molecule has 2 atom stereocenters. The molecule has 0 bridgehead atoms. The fourth-order valence-electron chi connectivity index (χ4n) is 1.04. The van der Waals surface area contributed by atoms with E-state index >= 15 is 0 Å². The van der Waals surface area contributed by atoms with Crippen molar-refractivity contribution in [2.45, 2.75) is 25.1 Å². The van der Waals surface area contributed by atoms with Crippen molar-refractivity contribution in [3.05, 3.63) is 0 Å². The van der Waals surface area contributed by atoms with Crippen LogP contribution in [0.1, 0.15) is 13.8 Å². The van der Waals surface area contributed by atoms with Crippen molar-refractivity contribution >= 4 is 10.0 Å². The van der Waals surface area contributed by atoms with Crippen molar-refractivity contribution in [3.8, 4) is 6.07 Å². The molecule has 82 valence electrons. The largest absolute Gasteiger partial charge is 0.308 e. The van der Waals surface area contributed by atoms with Gasteiger partial charge in [-0.2, -0.15) is 5.26 Å². The Kier molecular flexibility index (Phi) is 5.05. The summed E-state index contributed by atoms with van der Waals surface area (Å²) in [5.74, 6) is 0. The third-order valence-corrected chi connectivity index (χ3v) is 3.42. The van der Waals surface area contributed by atoms with Crippen LogP contribution in [0.4, 0.5) is 0 Å². The van der Waals surface area contributed by atoms with Gasteiger partial charge in [0.2, 0.25) is 10.0 Å². The van der Waals surface area contributed by atoms with E-state index in [0.717, 1.165) is 0 Å². The van der Waals surface area contributed by atoms with Crippen molar-refractivity contribution in [3.63, 3.8) is 0 Å². The highest BCUT2D eigenvalue weighted by Gasteiger charge is 2.22. The molecule has 6 heteroatoms. The molecule has 0 saturated carbocycles. The summed E-state index contributed by atoms with van der Waals surface area (Å²) in [6.45, 7) is 3.74. The first-order chi connectivity index (χ1) is 6.29. The number of nitriles is 1. The molecule has 0 aromatic heterocycles. The topological polar surface area (TPSA) is 73.2 Å². The molecule has 0 aliphatic rings. The van der Waals surface area contributed by atoms with Crippen LogP contribution >= 0.6 is 0 Å². The van der Waals surface area contributed by atoms with E-state index in [1.807, 2.05) is 19.0 Å². The van der Waals surface area contributed by atoms with Gasteiger partial charge < -0.3 is 4.90 Å². The van der Waals surface area contributed by atoms with Gasteiger partial charge in [0.25, 0.3) is 0 Å². The van der Waals surface area contributed by atoms with Crippen LogP contribution in [0, 0.1) is 11.3 Å². The fourth-order valence-corrected chi connectivity index (χ4v) is 2.02. The van der Waals surface area contributed by atoms with Crippen LogP contribution in [0.25, 0.3) is 0 Å². The zero-order valence-electron chi connectivity index (χ0n) is 8.98. The zero-order valence-corrected chi connectivity index (χ0v) is 9.80. The second kappa shape index (κ2) is 5.29. The fraction of sp³-hybridized carbons (Fsp3) is 0.875. The lowest BCUT2D eigenvalue weighted by molar-refractivity contribution is 0.370. The van der Waals surface area contributed by atoms with Crippen LogP contribution in [-0.4, -0.2) is 45.2 Å². The smallest absolute Gasteiger partial charge is 0.227 e. The number of likely N-dealkylation sites (N-methyl/N-ethyl adjacent to an activating group) is 1. The van der Waals surface area contributed by atoms with Crippen LogP contribution < -0.4 is 4.72 Å². The predicted octanol–water partition coefficient (Wildman–Crippen LogP) is -0.232. The van der Waals surface area contributed by atoms with Gasteiger partial charge in [0.1, 0.15) is 0 Å². The number of nitrogens with one attached hydrogen (secondary N) is 1.